The molecular weight excluding hydrogens is 447 g/mol. The van der Waals surface area contributed by atoms with Crippen LogP contribution in [0.5, 0.6) is 11.5 Å². The molecule has 1 aromatic carbocycles. The second kappa shape index (κ2) is 8.88. The third-order valence-electron chi connectivity index (χ3n) is 4.83. The number of nitrogens with zero attached hydrogens (tertiary/aromatic N) is 2. The van der Waals surface area contributed by atoms with Crippen molar-refractivity contribution < 1.29 is 14.3 Å². The standard InChI is InChI=1S/C21H18Cl2N2O4S/c22-17-8-14(25-20(28)10-15(26)12-30-25)9-18(23)21(17)29-16-6-7-19(27)24(11-16)13-4-2-1-3-5-13/h4,6-9,11H,1-3,5,10,12H2. The van der Waals surface area contributed by atoms with E-state index in [0.29, 0.717) is 11.4 Å². The van der Waals surface area contributed by atoms with E-state index in [1.165, 1.54) is 10.4 Å². The molecular formula is C21H18Cl2N2O4S. The first-order valence-corrected chi connectivity index (χ1v) is 11.2. The number of aromatic nitrogens is 1. The lowest BCUT2D eigenvalue weighted by Gasteiger charge is -2.25. The number of Topliss-reactive ketones (excluding diaryl/α,β-unsaturated/α-hetero) is 1. The molecule has 1 saturated heterocycles. The number of carbonyl (C=O) groups is 2. The summed E-state index contributed by atoms with van der Waals surface area (Å²) in [6.45, 7) is 0. The molecule has 2 heterocycles. The van der Waals surface area contributed by atoms with Crippen LogP contribution in [-0.4, -0.2) is 22.0 Å². The molecule has 4 rings (SSSR count). The van der Waals surface area contributed by atoms with Gasteiger partial charge in [-0.15, -0.1) is 0 Å². The van der Waals surface area contributed by atoms with Crippen molar-refractivity contribution in [2.75, 3.05) is 10.1 Å². The van der Waals surface area contributed by atoms with E-state index < -0.39 is 0 Å². The maximum Gasteiger partial charge on any atom is 0.255 e. The van der Waals surface area contributed by atoms with Crippen LogP contribution in [0.25, 0.3) is 5.70 Å². The second-order valence-corrected chi connectivity index (χ2v) is 8.76. The zero-order valence-corrected chi connectivity index (χ0v) is 18.2. The van der Waals surface area contributed by atoms with Crippen LogP contribution in [0.2, 0.25) is 10.0 Å². The maximum atomic E-state index is 12.3. The van der Waals surface area contributed by atoms with Gasteiger partial charge in [0.2, 0.25) is 5.91 Å². The Hall–Kier alpha value is -2.22. The Morgan fingerprint density at radius 3 is 2.47 bits per heavy atom. The average molecular weight is 465 g/mol. The minimum Gasteiger partial charge on any atom is -0.453 e. The van der Waals surface area contributed by atoms with E-state index in [4.69, 9.17) is 27.9 Å². The fraction of sp³-hybridized carbons (Fsp3) is 0.286. The van der Waals surface area contributed by atoms with E-state index >= 15 is 0 Å². The summed E-state index contributed by atoms with van der Waals surface area (Å²) in [5.41, 5.74) is 1.31. The van der Waals surface area contributed by atoms with Crippen molar-refractivity contribution in [1.29, 1.82) is 0 Å². The Balaban J connectivity index is 1.61. The van der Waals surface area contributed by atoms with Gasteiger partial charge in [-0.3, -0.25) is 23.3 Å². The van der Waals surface area contributed by atoms with Crippen LogP contribution in [0.15, 0.2) is 41.3 Å². The molecule has 1 aromatic heterocycles. The monoisotopic (exact) mass is 464 g/mol. The lowest BCUT2D eigenvalue weighted by atomic mass is 10.0. The highest BCUT2D eigenvalue weighted by molar-refractivity contribution is 8.02. The van der Waals surface area contributed by atoms with Gasteiger partial charge in [0.15, 0.2) is 11.5 Å². The first-order chi connectivity index (χ1) is 14.4. The number of allylic oxidation sites excluding steroid dienone is 2. The minimum absolute atomic E-state index is 0.110. The first-order valence-electron chi connectivity index (χ1n) is 9.49. The lowest BCUT2D eigenvalue weighted by molar-refractivity contribution is -0.125. The number of pyridine rings is 1. The smallest absolute Gasteiger partial charge is 0.255 e. The van der Waals surface area contributed by atoms with E-state index in [2.05, 4.69) is 6.08 Å². The van der Waals surface area contributed by atoms with Gasteiger partial charge in [0, 0.05) is 11.8 Å². The molecule has 0 saturated carbocycles. The van der Waals surface area contributed by atoms with E-state index in [9.17, 15) is 14.4 Å². The van der Waals surface area contributed by atoms with E-state index in [1.54, 1.807) is 29.0 Å². The number of halogens is 2. The quantitative estimate of drug-likeness (QED) is 0.452. The zero-order chi connectivity index (χ0) is 21.3. The Morgan fingerprint density at radius 1 is 1.03 bits per heavy atom. The lowest BCUT2D eigenvalue weighted by Crippen LogP contribution is -2.32. The highest BCUT2D eigenvalue weighted by Crippen LogP contribution is 2.41. The number of ketones is 1. The summed E-state index contributed by atoms with van der Waals surface area (Å²) < 4.78 is 8.90. The number of anilines is 1. The number of rotatable bonds is 4. The number of ether oxygens (including phenoxy) is 1. The molecule has 0 radical (unpaired) electrons. The van der Waals surface area contributed by atoms with Crippen LogP contribution >= 0.6 is 35.1 Å². The number of carbonyl (C=O) groups excluding carboxylic acids is 2. The van der Waals surface area contributed by atoms with Crippen molar-refractivity contribution in [1.82, 2.24) is 4.57 Å². The number of benzene rings is 1. The van der Waals surface area contributed by atoms with Crippen LogP contribution in [0.3, 0.4) is 0 Å². The Labute approximate surface area is 187 Å². The van der Waals surface area contributed by atoms with Gasteiger partial charge in [0.1, 0.15) is 5.75 Å². The largest absolute Gasteiger partial charge is 0.453 e. The molecule has 0 unspecified atom stereocenters. The number of hydrogen-bond acceptors (Lipinski definition) is 5. The number of amides is 1. The molecule has 156 valence electrons. The van der Waals surface area contributed by atoms with Crippen LogP contribution in [0.4, 0.5) is 5.69 Å². The summed E-state index contributed by atoms with van der Waals surface area (Å²) in [5, 5.41) is 0.440. The van der Waals surface area contributed by atoms with Gasteiger partial charge in [0.05, 0.1) is 34.1 Å². The van der Waals surface area contributed by atoms with E-state index in [0.717, 1.165) is 43.3 Å². The van der Waals surface area contributed by atoms with Crippen molar-refractivity contribution in [3.63, 3.8) is 0 Å². The van der Waals surface area contributed by atoms with Gasteiger partial charge in [-0.05, 0) is 55.8 Å². The van der Waals surface area contributed by atoms with Gasteiger partial charge in [0.25, 0.3) is 5.56 Å². The van der Waals surface area contributed by atoms with Crippen molar-refractivity contribution in [2.24, 2.45) is 0 Å². The van der Waals surface area contributed by atoms with Gasteiger partial charge in [-0.2, -0.15) is 0 Å². The Kier molecular flexibility index (Phi) is 6.22. The molecule has 1 aliphatic carbocycles. The van der Waals surface area contributed by atoms with Crippen molar-refractivity contribution in [2.45, 2.75) is 32.1 Å². The summed E-state index contributed by atoms with van der Waals surface area (Å²) >= 11 is 13.9. The van der Waals surface area contributed by atoms with Crippen LogP contribution in [-0.2, 0) is 9.59 Å². The zero-order valence-electron chi connectivity index (χ0n) is 15.9. The highest BCUT2D eigenvalue weighted by atomic mass is 35.5. The Bertz CT molecular complexity index is 1090. The fourth-order valence-corrected chi connectivity index (χ4v) is 4.78. The topological polar surface area (TPSA) is 68.6 Å². The van der Waals surface area contributed by atoms with E-state index in [-0.39, 0.29) is 45.2 Å². The summed E-state index contributed by atoms with van der Waals surface area (Å²) in [4.78, 5) is 35.9. The van der Waals surface area contributed by atoms with Gasteiger partial charge in [-0.1, -0.05) is 29.3 Å². The minimum atomic E-state index is -0.315. The van der Waals surface area contributed by atoms with Crippen molar-refractivity contribution in [3.8, 4) is 11.5 Å². The summed E-state index contributed by atoms with van der Waals surface area (Å²) in [5.74, 6) is 0.449. The van der Waals surface area contributed by atoms with Crippen molar-refractivity contribution in [3.05, 3.63) is 56.9 Å². The molecule has 30 heavy (non-hydrogen) atoms. The summed E-state index contributed by atoms with van der Waals surface area (Å²) in [6.07, 6.45) is 7.52. The first kappa shape index (κ1) is 21.0. The SMILES string of the molecule is O=C1CSN(c2cc(Cl)c(Oc3ccc(=O)n(C4=CCCCC4)c3)c(Cl)c2)C(=O)C1. The molecule has 0 spiro atoms. The molecule has 6 nitrogen and oxygen atoms in total. The van der Waals surface area contributed by atoms with E-state index in [1.807, 2.05) is 0 Å². The average Bonchev–Trinajstić information content (AvgIpc) is 2.72. The fourth-order valence-electron chi connectivity index (χ4n) is 3.39. The van der Waals surface area contributed by atoms with Crippen LogP contribution in [0.1, 0.15) is 32.1 Å². The molecule has 9 heteroatoms. The Morgan fingerprint density at radius 2 is 1.80 bits per heavy atom. The summed E-state index contributed by atoms with van der Waals surface area (Å²) in [7, 11) is 0. The van der Waals surface area contributed by atoms with Gasteiger partial charge in [-0.25, -0.2) is 0 Å². The molecule has 2 aromatic rings. The molecule has 0 atom stereocenters. The molecule has 0 N–H and O–H groups in total. The second-order valence-electron chi connectivity index (χ2n) is 7.03. The molecule has 1 fully saturated rings. The maximum absolute atomic E-state index is 12.3. The molecule has 1 aliphatic heterocycles. The molecule has 1 amide bonds. The van der Waals surface area contributed by atoms with Crippen LogP contribution < -0.4 is 14.6 Å². The van der Waals surface area contributed by atoms with Gasteiger partial charge < -0.3 is 4.74 Å². The number of hydrogen-bond donors (Lipinski definition) is 0. The summed E-state index contributed by atoms with van der Waals surface area (Å²) in [6, 6.07) is 6.16. The molecule has 0 bridgehead atoms. The third-order valence-corrected chi connectivity index (χ3v) is 6.51. The molecule has 2 aliphatic rings. The highest BCUT2D eigenvalue weighted by Gasteiger charge is 2.27. The predicted molar refractivity (Wildman–Crippen MR) is 120 cm³/mol. The van der Waals surface area contributed by atoms with Crippen LogP contribution in [0, 0.1) is 0 Å². The van der Waals surface area contributed by atoms with Crippen molar-refractivity contribution >= 4 is 58.2 Å². The normalized spacial score (nSPS) is 17.1. The third kappa shape index (κ3) is 4.43. The van der Waals surface area contributed by atoms with Gasteiger partial charge >= 0.3 is 0 Å². The predicted octanol–water partition coefficient (Wildman–Crippen LogP) is 5.32.